The highest BCUT2D eigenvalue weighted by molar-refractivity contribution is 6.31. The largest absolute Gasteiger partial charge is 0.308 e. The molecule has 1 heterocycles. The molecule has 0 aliphatic carbocycles. The number of hydrogen-bond donors (Lipinski definition) is 1. The Hall–Kier alpha value is -1.45. The maximum Gasteiger partial charge on any atom is 0.127 e. The predicted octanol–water partition coefficient (Wildman–Crippen LogP) is 4.47. The minimum absolute atomic E-state index is 0.0424. The van der Waals surface area contributed by atoms with Gasteiger partial charge in [0.1, 0.15) is 5.82 Å². The first kappa shape index (κ1) is 15.9. The fourth-order valence-electron chi connectivity index (χ4n) is 2.29. The van der Waals surface area contributed by atoms with Crippen LogP contribution in [0.25, 0.3) is 0 Å². The molecule has 0 saturated carbocycles. The number of aromatic nitrogens is 1. The van der Waals surface area contributed by atoms with Gasteiger partial charge >= 0.3 is 0 Å². The molecule has 0 aliphatic rings. The molecule has 4 heteroatoms. The molecular formula is C17H20ClFN2. The van der Waals surface area contributed by atoms with Crippen molar-refractivity contribution in [2.24, 2.45) is 0 Å². The molecule has 2 rings (SSSR count). The number of pyridine rings is 1. The molecule has 0 saturated heterocycles. The Labute approximate surface area is 130 Å². The van der Waals surface area contributed by atoms with Crippen molar-refractivity contribution >= 4 is 11.6 Å². The first-order valence-corrected chi connectivity index (χ1v) is 7.59. The van der Waals surface area contributed by atoms with E-state index in [1.54, 1.807) is 12.1 Å². The maximum absolute atomic E-state index is 14.0. The Kier molecular flexibility index (Phi) is 5.71. The lowest BCUT2D eigenvalue weighted by Crippen LogP contribution is -2.25. The highest BCUT2D eigenvalue weighted by Crippen LogP contribution is 2.25. The average Bonchev–Trinajstić information content (AvgIpc) is 2.46. The van der Waals surface area contributed by atoms with Crippen LogP contribution in [0.1, 0.15) is 36.3 Å². The molecule has 1 aromatic heterocycles. The molecule has 0 spiro atoms. The molecule has 0 aliphatic heterocycles. The summed E-state index contributed by atoms with van der Waals surface area (Å²) in [4.78, 5) is 4.55. The predicted molar refractivity (Wildman–Crippen MR) is 85.1 cm³/mol. The fourth-order valence-corrected chi connectivity index (χ4v) is 2.53. The highest BCUT2D eigenvalue weighted by Gasteiger charge is 2.17. The third-order valence-electron chi connectivity index (χ3n) is 3.38. The van der Waals surface area contributed by atoms with Crippen molar-refractivity contribution in [3.05, 3.63) is 64.2 Å². The molecule has 1 N–H and O–H groups in total. The van der Waals surface area contributed by atoms with Gasteiger partial charge in [-0.05, 0) is 50.6 Å². The fraction of sp³-hybridized carbons (Fsp3) is 0.353. The van der Waals surface area contributed by atoms with Crippen LogP contribution in [-0.4, -0.2) is 11.5 Å². The van der Waals surface area contributed by atoms with Crippen LogP contribution >= 0.6 is 11.6 Å². The summed E-state index contributed by atoms with van der Waals surface area (Å²) >= 11 is 6.14. The lowest BCUT2D eigenvalue weighted by Gasteiger charge is -2.19. The Bertz CT molecular complexity index is 581. The standard InChI is InChI=1S/C17H20ClFN2/c1-3-10-20-17(16-9-4-6-12(2)21-16)11-13-14(18)7-5-8-15(13)19/h4-9,17,20H,3,10-11H2,1-2H3. The van der Waals surface area contributed by atoms with Crippen LogP contribution in [0.3, 0.4) is 0 Å². The van der Waals surface area contributed by atoms with Crippen LogP contribution in [0.5, 0.6) is 0 Å². The van der Waals surface area contributed by atoms with Gasteiger partial charge in [-0.15, -0.1) is 0 Å². The first-order chi connectivity index (χ1) is 10.1. The molecule has 1 atom stereocenters. The number of nitrogens with zero attached hydrogens (tertiary/aromatic N) is 1. The van der Waals surface area contributed by atoms with Gasteiger partial charge in [-0.3, -0.25) is 4.98 Å². The lowest BCUT2D eigenvalue weighted by molar-refractivity contribution is 0.503. The Morgan fingerprint density at radius 1 is 1.24 bits per heavy atom. The SMILES string of the molecule is CCCNC(Cc1c(F)cccc1Cl)c1cccc(C)n1. The summed E-state index contributed by atoms with van der Waals surface area (Å²) in [5, 5.41) is 3.89. The van der Waals surface area contributed by atoms with Crippen LogP contribution in [0.15, 0.2) is 36.4 Å². The third kappa shape index (κ3) is 4.26. The van der Waals surface area contributed by atoms with E-state index in [2.05, 4.69) is 17.2 Å². The average molecular weight is 307 g/mol. The van der Waals surface area contributed by atoms with Gasteiger partial charge in [0, 0.05) is 16.3 Å². The minimum atomic E-state index is -0.265. The summed E-state index contributed by atoms with van der Waals surface area (Å²) in [5.41, 5.74) is 2.41. The van der Waals surface area contributed by atoms with Gasteiger partial charge in [0.25, 0.3) is 0 Å². The van der Waals surface area contributed by atoms with E-state index in [1.807, 2.05) is 25.1 Å². The Morgan fingerprint density at radius 3 is 2.67 bits per heavy atom. The summed E-state index contributed by atoms with van der Waals surface area (Å²) in [5.74, 6) is -0.265. The van der Waals surface area contributed by atoms with Crippen LogP contribution < -0.4 is 5.32 Å². The number of aryl methyl sites for hydroxylation is 1. The summed E-state index contributed by atoms with van der Waals surface area (Å²) in [7, 11) is 0. The van der Waals surface area contributed by atoms with Crippen molar-refractivity contribution in [1.82, 2.24) is 10.3 Å². The van der Waals surface area contributed by atoms with E-state index in [9.17, 15) is 4.39 Å². The van der Waals surface area contributed by atoms with Gasteiger partial charge < -0.3 is 5.32 Å². The van der Waals surface area contributed by atoms with E-state index >= 15 is 0 Å². The van der Waals surface area contributed by atoms with Crippen molar-refractivity contribution in [3.8, 4) is 0 Å². The number of rotatable bonds is 6. The lowest BCUT2D eigenvalue weighted by atomic mass is 10.0. The van der Waals surface area contributed by atoms with Crippen LogP contribution in [-0.2, 0) is 6.42 Å². The van der Waals surface area contributed by atoms with Gasteiger partial charge in [-0.25, -0.2) is 4.39 Å². The van der Waals surface area contributed by atoms with Crippen LogP contribution in [0, 0.1) is 12.7 Å². The zero-order chi connectivity index (χ0) is 15.2. The van der Waals surface area contributed by atoms with Crippen molar-refractivity contribution in [1.29, 1.82) is 0 Å². The number of benzene rings is 1. The van der Waals surface area contributed by atoms with Crippen LogP contribution in [0.4, 0.5) is 4.39 Å². The molecule has 0 amide bonds. The first-order valence-electron chi connectivity index (χ1n) is 7.21. The van der Waals surface area contributed by atoms with Crippen LogP contribution in [0.2, 0.25) is 5.02 Å². The molecular weight excluding hydrogens is 287 g/mol. The van der Waals surface area contributed by atoms with Gasteiger partial charge in [0.05, 0.1) is 11.7 Å². The molecule has 1 unspecified atom stereocenters. The van der Waals surface area contributed by atoms with E-state index in [0.717, 1.165) is 24.4 Å². The quantitative estimate of drug-likeness (QED) is 0.852. The van der Waals surface area contributed by atoms with Crippen molar-refractivity contribution < 1.29 is 4.39 Å². The molecule has 2 nitrogen and oxygen atoms in total. The van der Waals surface area contributed by atoms with E-state index in [1.165, 1.54) is 6.07 Å². The van der Waals surface area contributed by atoms with E-state index in [-0.39, 0.29) is 11.9 Å². The zero-order valence-electron chi connectivity index (χ0n) is 12.4. The van der Waals surface area contributed by atoms with Gasteiger partial charge in [0.15, 0.2) is 0 Å². The number of nitrogens with one attached hydrogen (secondary N) is 1. The van der Waals surface area contributed by atoms with Gasteiger partial charge in [0.2, 0.25) is 0 Å². The van der Waals surface area contributed by atoms with Crippen molar-refractivity contribution in [2.45, 2.75) is 32.7 Å². The smallest absolute Gasteiger partial charge is 0.127 e. The second kappa shape index (κ2) is 7.53. The van der Waals surface area contributed by atoms with E-state index in [4.69, 9.17) is 11.6 Å². The molecule has 0 bridgehead atoms. The molecule has 2 aromatic rings. The van der Waals surface area contributed by atoms with Crippen molar-refractivity contribution in [2.75, 3.05) is 6.54 Å². The van der Waals surface area contributed by atoms with Gasteiger partial charge in [-0.2, -0.15) is 0 Å². The van der Waals surface area contributed by atoms with Gasteiger partial charge in [-0.1, -0.05) is 30.7 Å². The maximum atomic E-state index is 14.0. The molecule has 0 fully saturated rings. The topological polar surface area (TPSA) is 24.9 Å². The second-order valence-electron chi connectivity index (χ2n) is 5.11. The number of halogens is 2. The Morgan fingerprint density at radius 2 is 2.00 bits per heavy atom. The summed E-state index contributed by atoms with van der Waals surface area (Å²) in [6.07, 6.45) is 1.50. The minimum Gasteiger partial charge on any atom is -0.308 e. The summed E-state index contributed by atoms with van der Waals surface area (Å²) in [6, 6.07) is 10.6. The molecule has 21 heavy (non-hydrogen) atoms. The highest BCUT2D eigenvalue weighted by atomic mass is 35.5. The monoisotopic (exact) mass is 306 g/mol. The molecule has 112 valence electrons. The normalized spacial score (nSPS) is 12.4. The Balaban J connectivity index is 2.28. The third-order valence-corrected chi connectivity index (χ3v) is 3.73. The molecule has 0 radical (unpaired) electrons. The van der Waals surface area contributed by atoms with E-state index < -0.39 is 0 Å². The van der Waals surface area contributed by atoms with E-state index in [0.29, 0.717) is 17.0 Å². The summed E-state index contributed by atoms with van der Waals surface area (Å²) < 4.78 is 14.0. The summed E-state index contributed by atoms with van der Waals surface area (Å²) in [6.45, 7) is 4.91. The second-order valence-corrected chi connectivity index (χ2v) is 5.52. The van der Waals surface area contributed by atoms with Crippen molar-refractivity contribution in [3.63, 3.8) is 0 Å². The molecule has 1 aromatic carbocycles. The zero-order valence-corrected chi connectivity index (χ0v) is 13.1. The number of hydrogen-bond acceptors (Lipinski definition) is 2.